The second kappa shape index (κ2) is 9.54. The van der Waals surface area contributed by atoms with Gasteiger partial charge in [-0.1, -0.05) is 0 Å². The van der Waals surface area contributed by atoms with Crippen LogP contribution >= 0.6 is 11.3 Å². The molecule has 9 heteroatoms. The van der Waals surface area contributed by atoms with Crippen LogP contribution in [0.3, 0.4) is 0 Å². The summed E-state index contributed by atoms with van der Waals surface area (Å²) in [5.41, 5.74) is 6.75. The van der Waals surface area contributed by atoms with Gasteiger partial charge in [-0.3, -0.25) is 14.5 Å². The molecule has 1 saturated carbocycles. The van der Waals surface area contributed by atoms with Gasteiger partial charge in [0.1, 0.15) is 17.3 Å². The molecular formula is C24H33N5O3S. The number of nitrogens with zero attached hydrogens (tertiary/aromatic N) is 4. The highest BCUT2D eigenvalue weighted by atomic mass is 32.1. The molecule has 0 spiro atoms. The van der Waals surface area contributed by atoms with E-state index in [4.69, 9.17) is 10.5 Å². The first-order chi connectivity index (χ1) is 16.0. The maximum Gasteiger partial charge on any atom is 0.236 e. The van der Waals surface area contributed by atoms with Crippen molar-refractivity contribution >= 4 is 33.4 Å². The summed E-state index contributed by atoms with van der Waals surface area (Å²) in [6.45, 7) is 2.32. The third-order valence-corrected chi connectivity index (χ3v) is 8.80. The van der Waals surface area contributed by atoms with Crippen LogP contribution in [0.25, 0.3) is 10.2 Å². The minimum atomic E-state index is -0.232. The van der Waals surface area contributed by atoms with Gasteiger partial charge in [0, 0.05) is 29.9 Å². The molecule has 178 valence electrons. The largest absolute Gasteiger partial charge is 0.474 e. The lowest BCUT2D eigenvalue weighted by atomic mass is 9.87. The number of fused-ring (bicyclic) bond motifs is 3. The topological polar surface area (TPSA) is 102 Å². The number of thiophene rings is 1. The second-order valence-corrected chi connectivity index (χ2v) is 10.8. The first kappa shape index (κ1) is 22.5. The Labute approximate surface area is 198 Å². The van der Waals surface area contributed by atoms with Crippen molar-refractivity contribution in [2.45, 2.75) is 69.9 Å². The number of amides is 2. The number of carbonyl (C=O) groups is 2. The van der Waals surface area contributed by atoms with Crippen LogP contribution in [-0.4, -0.2) is 70.4 Å². The quantitative estimate of drug-likeness (QED) is 0.695. The molecule has 33 heavy (non-hydrogen) atoms. The van der Waals surface area contributed by atoms with E-state index in [0.29, 0.717) is 24.9 Å². The summed E-state index contributed by atoms with van der Waals surface area (Å²) in [6, 6.07) is 0.409. The summed E-state index contributed by atoms with van der Waals surface area (Å²) in [5.74, 6) is 0.541. The molecule has 1 aliphatic heterocycles. The Morgan fingerprint density at radius 1 is 1.18 bits per heavy atom. The predicted molar refractivity (Wildman–Crippen MR) is 127 cm³/mol. The molecule has 0 bridgehead atoms. The Hall–Kier alpha value is -2.26. The molecule has 3 aliphatic rings. The predicted octanol–water partition coefficient (Wildman–Crippen LogP) is 2.53. The molecule has 2 aliphatic carbocycles. The number of aromatic nitrogens is 2. The molecule has 2 aromatic rings. The number of hydrogen-bond donors (Lipinski definition) is 1. The Kier molecular flexibility index (Phi) is 6.51. The van der Waals surface area contributed by atoms with Gasteiger partial charge in [0.05, 0.1) is 11.9 Å². The van der Waals surface area contributed by atoms with E-state index in [1.54, 1.807) is 17.7 Å². The fourth-order valence-electron chi connectivity index (χ4n) is 5.58. The van der Waals surface area contributed by atoms with Gasteiger partial charge in [-0.05, 0) is 70.4 Å². The van der Waals surface area contributed by atoms with Gasteiger partial charge >= 0.3 is 0 Å². The number of carbonyl (C=O) groups excluding carboxylic acids is 2. The smallest absolute Gasteiger partial charge is 0.236 e. The lowest BCUT2D eigenvalue weighted by molar-refractivity contribution is -0.131. The van der Waals surface area contributed by atoms with Gasteiger partial charge in [0.25, 0.3) is 0 Å². The van der Waals surface area contributed by atoms with Crippen LogP contribution < -0.4 is 10.5 Å². The Morgan fingerprint density at radius 3 is 2.67 bits per heavy atom. The van der Waals surface area contributed by atoms with E-state index in [0.717, 1.165) is 80.2 Å². The third kappa shape index (κ3) is 4.71. The SMILES string of the molecule is CN(CC(=O)N1CCCC1)C1CCC(Oc2ncnc3sc4c(c23)C[C@H](C(N)=O)CC4)CC1. The summed E-state index contributed by atoms with van der Waals surface area (Å²) in [4.78, 5) is 39.7. The van der Waals surface area contributed by atoms with Crippen molar-refractivity contribution in [3.63, 3.8) is 0 Å². The first-order valence-electron chi connectivity index (χ1n) is 12.2. The fraction of sp³-hybridized carbons (Fsp3) is 0.667. The second-order valence-electron chi connectivity index (χ2n) is 9.76. The van der Waals surface area contributed by atoms with E-state index in [9.17, 15) is 9.59 Å². The number of hydrogen-bond acceptors (Lipinski definition) is 7. The zero-order chi connectivity index (χ0) is 22.9. The van der Waals surface area contributed by atoms with E-state index < -0.39 is 0 Å². The number of nitrogens with two attached hydrogens (primary N) is 1. The van der Waals surface area contributed by atoms with E-state index in [-0.39, 0.29) is 23.8 Å². The summed E-state index contributed by atoms with van der Waals surface area (Å²) in [7, 11) is 2.07. The van der Waals surface area contributed by atoms with Crippen molar-refractivity contribution in [2.75, 3.05) is 26.7 Å². The zero-order valence-corrected chi connectivity index (χ0v) is 20.1. The fourth-order valence-corrected chi connectivity index (χ4v) is 6.76. The van der Waals surface area contributed by atoms with E-state index in [1.165, 1.54) is 4.88 Å². The maximum absolute atomic E-state index is 12.5. The highest BCUT2D eigenvalue weighted by molar-refractivity contribution is 7.18. The summed E-state index contributed by atoms with van der Waals surface area (Å²) < 4.78 is 6.42. The molecule has 0 radical (unpaired) electrons. The number of primary amides is 1. The lowest BCUT2D eigenvalue weighted by Crippen LogP contribution is -2.44. The zero-order valence-electron chi connectivity index (χ0n) is 19.3. The first-order valence-corrected chi connectivity index (χ1v) is 13.0. The number of likely N-dealkylation sites (N-methyl/N-ethyl adjacent to an activating group) is 1. The van der Waals surface area contributed by atoms with E-state index in [2.05, 4.69) is 21.9 Å². The molecule has 8 nitrogen and oxygen atoms in total. The lowest BCUT2D eigenvalue weighted by Gasteiger charge is -2.35. The molecule has 1 atom stereocenters. The van der Waals surface area contributed by atoms with Gasteiger partial charge in [-0.25, -0.2) is 9.97 Å². The average Bonchev–Trinajstić information content (AvgIpc) is 3.47. The van der Waals surface area contributed by atoms with Crippen molar-refractivity contribution < 1.29 is 14.3 Å². The van der Waals surface area contributed by atoms with Gasteiger partial charge in [0.2, 0.25) is 17.7 Å². The number of likely N-dealkylation sites (tertiary alicyclic amines) is 1. The van der Waals surface area contributed by atoms with Gasteiger partial charge < -0.3 is 15.4 Å². The molecule has 1 saturated heterocycles. The van der Waals surface area contributed by atoms with Crippen LogP contribution in [0.5, 0.6) is 5.88 Å². The molecule has 2 aromatic heterocycles. The molecule has 2 N–H and O–H groups in total. The summed E-state index contributed by atoms with van der Waals surface area (Å²) >= 11 is 1.68. The van der Waals surface area contributed by atoms with Gasteiger partial charge in [0.15, 0.2) is 0 Å². The van der Waals surface area contributed by atoms with E-state index >= 15 is 0 Å². The minimum Gasteiger partial charge on any atom is -0.474 e. The normalized spacial score (nSPS) is 25.4. The van der Waals surface area contributed by atoms with Crippen LogP contribution in [0.2, 0.25) is 0 Å². The molecule has 5 rings (SSSR count). The standard InChI is InChI=1S/C24H33N5O3S/c1-28(13-20(30)29-10-2-3-11-29)16-5-7-17(8-6-16)32-23-21-18-12-15(22(25)31)4-9-19(18)33-24(21)27-14-26-23/h14-17H,2-13H2,1H3,(H2,25,31)/t15-,16?,17?/m1/s1. The highest BCUT2D eigenvalue weighted by Crippen LogP contribution is 2.41. The van der Waals surface area contributed by atoms with Crippen molar-refractivity contribution in [3.05, 3.63) is 16.8 Å². The Bertz CT molecular complexity index is 1030. The number of ether oxygens (including phenoxy) is 1. The van der Waals surface area contributed by atoms with Crippen molar-refractivity contribution in [2.24, 2.45) is 11.7 Å². The minimum absolute atomic E-state index is 0.105. The number of aryl methyl sites for hydroxylation is 1. The van der Waals surface area contributed by atoms with Crippen molar-refractivity contribution in [3.8, 4) is 5.88 Å². The molecule has 0 aromatic carbocycles. The molecular weight excluding hydrogens is 438 g/mol. The van der Waals surface area contributed by atoms with Crippen molar-refractivity contribution in [1.82, 2.24) is 19.8 Å². The van der Waals surface area contributed by atoms with Crippen LogP contribution in [0.1, 0.15) is 55.4 Å². The average molecular weight is 472 g/mol. The van der Waals surface area contributed by atoms with E-state index in [1.807, 2.05) is 4.90 Å². The van der Waals surface area contributed by atoms with Crippen LogP contribution in [-0.2, 0) is 22.4 Å². The van der Waals surface area contributed by atoms with Crippen LogP contribution in [0.4, 0.5) is 0 Å². The molecule has 2 amide bonds. The molecule has 0 unspecified atom stereocenters. The summed E-state index contributed by atoms with van der Waals surface area (Å²) in [5, 5.41) is 0.971. The van der Waals surface area contributed by atoms with Gasteiger partial charge in [-0.15, -0.1) is 11.3 Å². The van der Waals surface area contributed by atoms with Crippen molar-refractivity contribution in [1.29, 1.82) is 0 Å². The Morgan fingerprint density at radius 2 is 1.94 bits per heavy atom. The van der Waals surface area contributed by atoms with Crippen LogP contribution in [0.15, 0.2) is 6.33 Å². The molecule has 3 heterocycles. The molecule has 2 fully saturated rings. The summed E-state index contributed by atoms with van der Waals surface area (Å²) in [6.07, 6.45) is 10.1. The Balaban J connectivity index is 1.22. The monoisotopic (exact) mass is 471 g/mol. The highest BCUT2D eigenvalue weighted by Gasteiger charge is 2.31. The van der Waals surface area contributed by atoms with Crippen LogP contribution in [0, 0.1) is 5.92 Å². The third-order valence-electron chi connectivity index (χ3n) is 7.60. The maximum atomic E-state index is 12.5. The van der Waals surface area contributed by atoms with Gasteiger partial charge in [-0.2, -0.15) is 0 Å². The number of rotatable bonds is 6.